The average molecular weight is 389 g/mol. The summed E-state index contributed by atoms with van der Waals surface area (Å²) in [4.78, 5) is 25.3. The van der Waals surface area contributed by atoms with Crippen molar-refractivity contribution in [2.45, 2.75) is 18.9 Å². The molecule has 4 rings (SSSR count). The molecule has 1 aromatic heterocycles. The van der Waals surface area contributed by atoms with Gasteiger partial charge < -0.3 is 19.9 Å². The number of anilines is 1. The lowest BCUT2D eigenvalue weighted by atomic mass is 10.1. The number of carbonyl (C=O) groups is 2. The van der Waals surface area contributed by atoms with Crippen molar-refractivity contribution >= 4 is 17.5 Å². The molecular weight excluding hydrogens is 366 g/mol. The molecule has 1 fully saturated rings. The minimum Gasteiger partial charge on any atom is -0.376 e. The molecule has 2 amide bonds. The molecule has 0 saturated carbocycles. The van der Waals surface area contributed by atoms with E-state index in [1.807, 2.05) is 41.2 Å². The Morgan fingerprint density at radius 2 is 1.72 bits per heavy atom. The van der Waals surface area contributed by atoms with Crippen LogP contribution in [0.1, 0.15) is 33.6 Å². The Bertz CT molecular complexity index is 975. The van der Waals surface area contributed by atoms with Crippen molar-refractivity contribution in [3.8, 4) is 5.69 Å². The number of aromatic nitrogens is 1. The Morgan fingerprint density at radius 3 is 2.45 bits per heavy atom. The van der Waals surface area contributed by atoms with E-state index >= 15 is 0 Å². The summed E-state index contributed by atoms with van der Waals surface area (Å²) in [7, 11) is 0. The van der Waals surface area contributed by atoms with Gasteiger partial charge >= 0.3 is 0 Å². The van der Waals surface area contributed by atoms with Crippen LogP contribution < -0.4 is 10.6 Å². The number of para-hydroxylation sites is 1. The lowest BCUT2D eigenvalue weighted by molar-refractivity contribution is 0.0858. The lowest BCUT2D eigenvalue weighted by Gasteiger charge is -2.14. The average Bonchev–Trinajstić information content (AvgIpc) is 3.47. The summed E-state index contributed by atoms with van der Waals surface area (Å²) in [5.74, 6) is -0.484. The van der Waals surface area contributed by atoms with Crippen LogP contribution in [0.15, 0.2) is 73.1 Å². The molecule has 148 valence electrons. The fourth-order valence-electron chi connectivity index (χ4n) is 3.38. The molecule has 1 aliphatic heterocycles. The van der Waals surface area contributed by atoms with Crippen molar-refractivity contribution in [1.29, 1.82) is 0 Å². The third-order valence-corrected chi connectivity index (χ3v) is 4.97. The van der Waals surface area contributed by atoms with Gasteiger partial charge in [-0.1, -0.05) is 12.1 Å². The van der Waals surface area contributed by atoms with Gasteiger partial charge in [-0.3, -0.25) is 9.59 Å². The first-order chi connectivity index (χ1) is 14.2. The summed E-state index contributed by atoms with van der Waals surface area (Å²) >= 11 is 0. The van der Waals surface area contributed by atoms with Gasteiger partial charge in [-0.2, -0.15) is 0 Å². The highest BCUT2D eigenvalue weighted by atomic mass is 16.5. The van der Waals surface area contributed by atoms with Crippen molar-refractivity contribution in [3.05, 3.63) is 84.2 Å². The second kappa shape index (κ2) is 8.75. The van der Waals surface area contributed by atoms with Crippen LogP contribution in [0.25, 0.3) is 5.69 Å². The van der Waals surface area contributed by atoms with Gasteiger partial charge in [0, 0.05) is 36.8 Å². The van der Waals surface area contributed by atoms with Gasteiger partial charge in [0.2, 0.25) is 0 Å². The number of hydrogen-bond donors (Lipinski definition) is 2. The SMILES string of the molecule is O=C(Nc1ccccc1C(=O)NCC1CCCO1)c1ccc(-n2cccc2)cc1. The number of benzene rings is 2. The van der Waals surface area contributed by atoms with Crippen molar-refractivity contribution in [3.63, 3.8) is 0 Å². The summed E-state index contributed by atoms with van der Waals surface area (Å²) in [5, 5.41) is 5.75. The van der Waals surface area contributed by atoms with Gasteiger partial charge in [-0.05, 0) is 61.4 Å². The van der Waals surface area contributed by atoms with Gasteiger partial charge in [0.15, 0.2) is 0 Å². The van der Waals surface area contributed by atoms with Gasteiger partial charge in [0.1, 0.15) is 0 Å². The molecule has 1 atom stereocenters. The van der Waals surface area contributed by atoms with Crippen molar-refractivity contribution < 1.29 is 14.3 Å². The Balaban J connectivity index is 1.43. The topological polar surface area (TPSA) is 72.4 Å². The minimum absolute atomic E-state index is 0.0690. The maximum Gasteiger partial charge on any atom is 0.255 e. The highest BCUT2D eigenvalue weighted by Crippen LogP contribution is 2.18. The molecule has 0 aliphatic carbocycles. The van der Waals surface area contributed by atoms with Crippen LogP contribution in [0.4, 0.5) is 5.69 Å². The number of ether oxygens (including phenoxy) is 1. The van der Waals surface area contributed by atoms with Crippen LogP contribution >= 0.6 is 0 Å². The fraction of sp³-hybridized carbons (Fsp3) is 0.217. The molecule has 0 radical (unpaired) electrons. The number of hydrogen-bond acceptors (Lipinski definition) is 3. The standard InChI is InChI=1S/C23H23N3O3/c27-22(17-9-11-18(12-10-17)26-13-3-4-14-26)25-21-8-2-1-7-20(21)23(28)24-16-19-6-5-15-29-19/h1-4,7-14,19H,5-6,15-16H2,(H,24,28)(H,25,27). The summed E-state index contributed by atoms with van der Waals surface area (Å²) in [6.45, 7) is 1.22. The molecule has 1 aliphatic rings. The Kier molecular flexibility index (Phi) is 5.72. The number of nitrogens with one attached hydrogen (secondary N) is 2. The maximum atomic E-state index is 12.7. The molecule has 2 aromatic carbocycles. The van der Waals surface area contributed by atoms with E-state index in [1.54, 1.807) is 36.4 Å². The molecule has 2 heterocycles. The zero-order valence-electron chi connectivity index (χ0n) is 16.0. The smallest absolute Gasteiger partial charge is 0.255 e. The quantitative estimate of drug-likeness (QED) is 0.676. The fourth-order valence-corrected chi connectivity index (χ4v) is 3.38. The predicted octanol–water partition coefficient (Wildman–Crippen LogP) is 3.64. The number of carbonyl (C=O) groups excluding carboxylic acids is 2. The Labute approximate surface area is 169 Å². The highest BCUT2D eigenvalue weighted by Gasteiger charge is 2.18. The Morgan fingerprint density at radius 1 is 0.966 bits per heavy atom. The van der Waals surface area contributed by atoms with Crippen LogP contribution in [0.3, 0.4) is 0 Å². The minimum atomic E-state index is -0.261. The third-order valence-electron chi connectivity index (χ3n) is 4.97. The molecule has 3 aromatic rings. The van der Waals surface area contributed by atoms with Crippen LogP contribution in [-0.4, -0.2) is 35.6 Å². The van der Waals surface area contributed by atoms with E-state index < -0.39 is 0 Å². The largest absolute Gasteiger partial charge is 0.376 e. The zero-order chi connectivity index (χ0) is 20.1. The van der Waals surface area contributed by atoms with E-state index in [9.17, 15) is 9.59 Å². The van der Waals surface area contributed by atoms with Crippen LogP contribution in [0.5, 0.6) is 0 Å². The summed E-state index contributed by atoms with van der Waals surface area (Å²) in [5.41, 5.74) is 2.41. The van der Waals surface area contributed by atoms with Crippen LogP contribution in [0.2, 0.25) is 0 Å². The van der Waals surface area contributed by atoms with Crippen molar-refractivity contribution in [1.82, 2.24) is 9.88 Å². The summed E-state index contributed by atoms with van der Waals surface area (Å²) in [6, 6.07) is 18.2. The second-order valence-corrected chi connectivity index (χ2v) is 6.98. The van der Waals surface area contributed by atoms with E-state index in [1.165, 1.54) is 0 Å². The second-order valence-electron chi connectivity index (χ2n) is 6.98. The predicted molar refractivity (Wildman–Crippen MR) is 111 cm³/mol. The molecule has 2 N–H and O–H groups in total. The molecule has 6 nitrogen and oxygen atoms in total. The molecule has 6 heteroatoms. The first kappa shape index (κ1) is 19.0. The van der Waals surface area contributed by atoms with Crippen molar-refractivity contribution in [2.75, 3.05) is 18.5 Å². The summed E-state index contributed by atoms with van der Waals surface area (Å²) < 4.78 is 7.51. The highest BCUT2D eigenvalue weighted by molar-refractivity contribution is 6.09. The summed E-state index contributed by atoms with van der Waals surface area (Å²) in [6.07, 6.45) is 5.94. The molecular formula is C23H23N3O3. The van der Waals surface area contributed by atoms with Crippen LogP contribution in [0, 0.1) is 0 Å². The van der Waals surface area contributed by atoms with E-state index in [0.717, 1.165) is 25.1 Å². The van der Waals surface area contributed by atoms with E-state index in [2.05, 4.69) is 10.6 Å². The molecule has 1 saturated heterocycles. The molecule has 0 bridgehead atoms. The monoisotopic (exact) mass is 389 g/mol. The van der Waals surface area contributed by atoms with Gasteiger partial charge in [-0.15, -0.1) is 0 Å². The molecule has 29 heavy (non-hydrogen) atoms. The normalized spacial score (nSPS) is 15.8. The Hall–Kier alpha value is -3.38. The van der Waals surface area contributed by atoms with Crippen molar-refractivity contribution in [2.24, 2.45) is 0 Å². The third kappa shape index (κ3) is 4.55. The zero-order valence-corrected chi connectivity index (χ0v) is 16.0. The van der Waals surface area contributed by atoms with Crippen LogP contribution in [-0.2, 0) is 4.74 Å². The molecule has 0 spiro atoms. The van der Waals surface area contributed by atoms with E-state index in [-0.39, 0.29) is 17.9 Å². The van der Waals surface area contributed by atoms with Gasteiger partial charge in [0.05, 0.1) is 17.4 Å². The van der Waals surface area contributed by atoms with Gasteiger partial charge in [0.25, 0.3) is 11.8 Å². The number of amides is 2. The lowest BCUT2D eigenvalue weighted by Crippen LogP contribution is -2.32. The first-order valence-corrected chi connectivity index (χ1v) is 9.74. The first-order valence-electron chi connectivity index (χ1n) is 9.74. The number of nitrogens with zero attached hydrogens (tertiary/aromatic N) is 1. The number of rotatable bonds is 6. The maximum absolute atomic E-state index is 12.7. The van der Waals surface area contributed by atoms with E-state index in [0.29, 0.717) is 23.4 Å². The van der Waals surface area contributed by atoms with Gasteiger partial charge in [-0.25, -0.2) is 0 Å². The molecule has 1 unspecified atom stereocenters. The van der Waals surface area contributed by atoms with E-state index in [4.69, 9.17) is 4.74 Å².